The summed E-state index contributed by atoms with van der Waals surface area (Å²) in [4.78, 5) is 31.1. The number of aryl methyl sites for hydroxylation is 1. The molecule has 1 aliphatic carbocycles. The van der Waals surface area contributed by atoms with Gasteiger partial charge in [-0.05, 0) is 37.7 Å². The van der Waals surface area contributed by atoms with Crippen LogP contribution >= 0.6 is 22.7 Å². The van der Waals surface area contributed by atoms with Crippen molar-refractivity contribution in [2.45, 2.75) is 33.1 Å². The molecule has 0 unspecified atom stereocenters. The first-order chi connectivity index (χ1) is 14.5. The lowest BCUT2D eigenvalue weighted by Crippen LogP contribution is -2.20. The van der Waals surface area contributed by atoms with Crippen molar-refractivity contribution in [3.05, 3.63) is 51.8 Å². The van der Waals surface area contributed by atoms with Crippen LogP contribution in [0, 0.1) is 5.92 Å². The van der Waals surface area contributed by atoms with Crippen LogP contribution in [0.5, 0.6) is 0 Å². The lowest BCUT2D eigenvalue weighted by molar-refractivity contribution is 0.0529. The molecule has 0 bridgehead atoms. The predicted octanol–water partition coefficient (Wildman–Crippen LogP) is 5.82. The van der Waals surface area contributed by atoms with Gasteiger partial charge >= 0.3 is 12.0 Å². The molecule has 30 heavy (non-hydrogen) atoms. The average Bonchev–Trinajstić information content (AvgIpc) is 3.32. The van der Waals surface area contributed by atoms with E-state index in [0.717, 1.165) is 36.1 Å². The first kappa shape index (κ1) is 20.6. The van der Waals surface area contributed by atoms with Gasteiger partial charge in [-0.2, -0.15) is 0 Å². The number of hydrogen-bond acceptors (Lipinski definition) is 6. The quantitative estimate of drug-likeness (QED) is 0.489. The van der Waals surface area contributed by atoms with Crippen LogP contribution in [0.3, 0.4) is 0 Å². The van der Waals surface area contributed by atoms with Gasteiger partial charge in [0.1, 0.15) is 10.6 Å². The highest BCUT2D eigenvalue weighted by Crippen LogP contribution is 2.37. The topological polar surface area (TPSA) is 80.3 Å². The van der Waals surface area contributed by atoms with Gasteiger partial charge in [-0.15, -0.1) is 22.7 Å². The Balaban J connectivity index is 1.54. The number of benzene rings is 1. The molecule has 4 rings (SSSR count). The average molecular weight is 442 g/mol. The van der Waals surface area contributed by atoms with E-state index in [1.807, 2.05) is 35.7 Å². The number of amides is 2. The zero-order chi connectivity index (χ0) is 21.1. The normalized spacial score (nSPS) is 15.3. The fourth-order valence-corrected chi connectivity index (χ4v) is 5.63. The second kappa shape index (κ2) is 8.97. The Bertz CT molecular complexity index is 1060. The van der Waals surface area contributed by atoms with Crippen molar-refractivity contribution < 1.29 is 14.3 Å². The van der Waals surface area contributed by atoms with Crippen LogP contribution in [-0.4, -0.2) is 23.6 Å². The molecule has 3 aromatic rings. The Kier molecular flexibility index (Phi) is 6.15. The monoisotopic (exact) mass is 441 g/mol. The third-order valence-corrected chi connectivity index (χ3v) is 6.92. The number of anilines is 2. The van der Waals surface area contributed by atoms with E-state index in [1.54, 1.807) is 6.92 Å². The number of fused-ring (bicyclic) bond motifs is 1. The van der Waals surface area contributed by atoms with E-state index in [4.69, 9.17) is 4.74 Å². The van der Waals surface area contributed by atoms with Crippen LogP contribution < -0.4 is 10.6 Å². The second-order valence-corrected chi connectivity index (χ2v) is 9.22. The number of thiophene rings is 1. The number of aromatic nitrogens is 1. The summed E-state index contributed by atoms with van der Waals surface area (Å²) in [7, 11) is 0. The van der Waals surface area contributed by atoms with E-state index in [2.05, 4.69) is 22.5 Å². The van der Waals surface area contributed by atoms with Crippen molar-refractivity contribution in [2.75, 3.05) is 17.2 Å². The van der Waals surface area contributed by atoms with E-state index in [9.17, 15) is 9.59 Å². The minimum Gasteiger partial charge on any atom is -0.462 e. The molecule has 156 valence electrons. The van der Waals surface area contributed by atoms with Crippen LogP contribution in [-0.2, 0) is 17.6 Å². The maximum Gasteiger partial charge on any atom is 0.341 e. The van der Waals surface area contributed by atoms with Crippen molar-refractivity contribution in [2.24, 2.45) is 5.92 Å². The summed E-state index contributed by atoms with van der Waals surface area (Å²) in [5.41, 5.74) is 3.10. The molecule has 8 heteroatoms. The SMILES string of the molecule is CCOC(=O)c1c(-c2ccccc2)csc1NC(=O)Nc1nc2c(s1)C[C@@H](C)CC2. The van der Waals surface area contributed by atoms with Crippen molar-refractivity contribution in [3.8, 4) is 11.1 Å². The number of nitrogens with zero attached hydrogens (tertiary/aromatic N) is 1. The van der Waals surface area contributed by atoms with Crippen molar-refractivity contribution in [1.29, 1.82) is 0 Å². The number of thiazole rings is 1. The zero-order valence-electron chi connectivity index (χ0n) is 16.9. The molecule has 0 spiro atoms. The molecule has 1 aromatic carbocycles. The van der Waals surface area contributed by atoms with Gasteiger partial charge in [0.2, 0.25) is 0 Å². The lowest BCUT2D eigenvalue weighted by Gasteiger charge is -2.15. The van der Waals surface area contributed by atoms with E-state index in [1.165, 1.54) is 27.6 Å². The lowest BCUT2D eigenvalue weighted by atomic mass is 9.93. The third kappa shape index (κ3) is 4.39. The van der Waals surface area contributed by atoms with Gasteiger partial charge in [-0.25, -0.2) is 14.6 Å². The molecular formula is C22H23N3O3S2. The molecule has 2 aromatic heterocycles. The summed E-state index contributed by atoms with van der Waals surface area (Å²) in [6.07, 6.45) is 3.09. The highest BCUT2D eigenvalue weighted by molar-refractivity contribution is 7.16. The van der Waals surface area contributed by atoms with Gasteiger partial charge in [0.05, 0.1) is 12.3 Å². The fraction of sp³-hybridized carbons (Fsp3) is 0.318. The van der Waals surface area contributed by atoms with Crippen LogP contribution in [0.1, 0.15) is 41.2 Å². The molecular weight excluding hydrogens is 418 g/mol. The van der Waals surface area contributed by atoms with Crippen LogP contribution in [0.2, 0.25) is 0 Å². The fourth-order valence-electron chi connectivity index (χ4n) is 3.51. The Morgan fingerprint density at radius 3 is 2.80 bits per heavy atom. The predicted molar refractivity (Wildman–Crippen MR) is 122 cm³/mol. The Labute approximate surface area is 183 Å². The van der Waals surface area contributed by atoms with Gasteiger partial charge in [0.25, 0.3) is 0 Å². The Hall–Kier alpha value is -2.71. The van der Waals surface area contributed by atoms with Gasteiger partial charge in [-0.1, -0.05) is 37.3 Å². The van der Waals surface area contributed by atoms with Crippen molar-refractivity contribution >= 4 is 44.8 Å². The summed E-state index contributed by atoms with van der Waals surface area (Å²) in [5, 5.41) is 8.54. The minimum atomic E-state index is -0.452. The largest absolute Gasteiger partial charge is 0.462 e. The highest BCUT2D eigenvalue weighted by atomic mass is 32.1. The number of urea groups is 1. The van der Waals surface area contributed by atoms with E-state index < -0.39 is 12.0 Å². The summed E-state index contributed by atoms with van der Waals surface area (Å²) in [5.74, 6) is 0.195. The molecule has 2 N–H and O–H groups in total. The molecule has 1 aliphatic rings. The molecule has 0 aliphatic heterocycles. The molecule has 1 atom stereocenters. The summed E-state index contributed by atoms with van der Waals surface area (Å²) in [6, 6.07) is 9.17. The first-order valence-corrected chi connectivity index (χ1v) is 11.6. The number of nitrogens with one attached hydrogen (secondary N) is 2. The number of ether oxygens (including phenoxy) is 1. The van der Waals surface area contributed by atoms with Gasteiger partial charge in [0, 0.05) is 15.8 Å². The molecule has 0 saturated heterocycles. The number of carbonyl (C=O) groups excluding carboxylic acids is 2. The Morgan fingerprint density at radius 2 is 2.03 bits per heavy atom. The molecule has 0 radical (unpaired) electrons. The van der Waals surface area contributed by atoms with Gasteiger partial charge in [-0.3, -0.25) is 10.6 Å². The zero-order valence-corrected chi connectivity index (χ0v) is 18.5. The highest BCUT2D eigenvalue weighted by Gasteiger charge is 2.24. The summed E-state index contributed by atoms with van der Waals surface area (Å²) >= 11 is 2.83. The van der Waals surface area contributed by atoms with Crippen LogP contribution in [0.15, 0.2) is 35.7 Å². The van der Waals surface area contributed by atoms with E-state index >= 15 is 0 Å². The molecule has 2 amide bonds. The first-order valence-electron chi connectivity index (χ1n) is 9.95. The molecule has 0 fully saturated rings. The minimum absolute atomic E-state index is 0.262. The smallest absolute Gasteiger partial charge is 0.341 e. The summed E-state index contributed by atoms with van der Waals surface area (Å²) in [6.45, 7) is 4.26. The number of hydrogen-bond donors (Lipinski definition) is 2. The van der Waals surface area contributed by atoms with Gasteiger partial charge < -0.3 is 4.74 Å². The van der Waals surface area contributed by atoms with E-state index in [0.29, 0.717) is 21.6 Å². The van der Waals surface area contributed by atoms with Crippen LogP contribution in [0.25, 0.3) is 11.1 Å². The molecule has 0 saturated carbocycles. The number of esters is 1. The number of carbonyl (C=O) groups is 2. The Morgan fingerprint density at radius 1 is 1.23 bits per heavy atom. The van der Waals surface area contributed by atoms with Gasteiger partial charge in [0.15, 0.2) is 5.13 Å². The second-order valence-electron chi connectivity index (χ2n) is 7.26. The summed E-state index contributed by atoms with van der Waals surface area (Å²) < 4.78 is 5.24. The number of rotatable bonds is 5. The third-order valence-electron chi connectivity index (χ3n) is 4.99. The molecule has 6 nitrogen and oxygen atoms in total. The van der Waals surface area contributed by atoms with Crippen molar-refractivity contribution in [3.63, 3.8) is 0 Å². The standard InChI is InChI=1S/C22H23N3O3S2/c1-3-28-20(26)18-15(14-7-5-4-6-8-14)12-29-19(18)24-21(27)25-22-23-16-10-9-13(2)11-17(16)30-22/h4-8,12-13H,3,9-11H2,1-2H3,(H2,23,24,25,27)/t13-/m0/s1. The van der Waals surface area contributed by atoms with E-state index in [-0.39, 0.29) is 6.61 Å². The van der Waals surface area contributed by atoms with Crippen LogP contribution in [0.4, 0.5) is 14.9 Å². The van der Waals surface area contributed by atoms with Crippen molar-refractivity contribution in [1.82, 2.24) is 4.98 Å². The maximum atomic E-state index is 12.6. The molecule has 2 heterocycles. The maximum absolute atomic E-state index is 12.6.